The molecule has 0 radical (unpaired) electrons. The Labute approximate surface area is 156 Å². The molecule has 0 saturated carbocycles. The second kappa shape index (κ2) is 8.19. The first-order valence-corrected chi connectivity index (χ1v) is 9.19. The van der Waals surface area contributed by atoms with Gasteiger partial charge in [-0.2, -0.15) is 0 Å². The largest absolute Gasteiger partial charge is 0.490 e. The smallest absolute Gasteiger partial charge is 0.331 e. The number of rotatable bonds is 5. The molecule has 2 aromatic rings. The Bertz CT molecular complexity index is 850. The molecule has 1 aliphatic rings. The van der Waals surface area contributed by atoms with Gasteiger partial charge in [0.05, 0.1) is 13.2 Å². The number of benzene rings is 1. The lowest BCUT2D eigenvalue weighted by Gasteiger charge is -2.07. The Hall–Kier alpha value is -2.60. The molecule has 1 aliphatic heterocycles. The van der Waals surface area contributed by atoms with Crippen LogP contribution in [0, 0.1) is 13.8 Å². The highest BCUT2D eigenvalue weighted by Crippen LogP contribution is 2.30. The van der Waals surface area contributed by atoms with E-state index in [1.165, 1.54) is 6.08 Å². The first kappa shape index (κ1) is 18.2. The molecule has 6 heteroatoms. The number of hydrogen-bond donors (Lipinski definition) is 0. The van der Waals surface area contributed by atoms with Crippen LogP contribution in [-0.4, -0.2) is 31.6 Å². The molecule has 0 aliphatic carbocycles. The molecule has 136 valence electrons. The third kappa shape index (κ3) is 4.52. The Morgan fingerprint density at radius 2 is 1.92 bits per heavy atom. The maximum Gasteiger partial charge on any atom is 0.331 e. The topological polar surface area (TPSA) is 61.8 Å². The summed E-state index contributed by atoms with van der Waals surface area (Å²) in [6, 6.07) is 7.29. The highest BCUT2D eigenvalue weighted by atomic mass is 32.1. The maximum atomic E-state index is 12.1. The van der Waals surface area contributed by atoms with Gasteiger partial charge in [0.2, 0.25) is 5.78 Å². The summed E-state index contributed by atoms with van der Waals surface area (Å²) in [6.07, 6.45) is 3.77. The number of aryl methyl sites for hydroxylation is 2. The minimum absolute atomic E-state index is 0.191. The van der Waals surface area contributed by atoms with Crippen molar-refractivity contribution in [3.05, 3.63) is 51.2 Å². The summed E-state index contributed by atoms with van der Waals surface area (Å²) in [6.45, 7) is 4.80. The molecule has 0 spiro atoms. The fourth-order valence-electron chi connectivity index (χ4n) is 2.62. The minimum Gasteiger partial charge on any atom is -0.490 e. The van der Waals surface area contributed by atoms with Gasteiger partial charge in [0, 0.05) is 27.8 Å². The Morgan fingerprint density at radius 1 is 1.15 bits per heavy atom. The van der Waals surface area contributed by atoms with Gasteiger partial charge in [-0.25, -0.2) is 4.79 Å². The fourth-order valence-corrected chi connectivity index (χ4v) is 3.56. The first-order chi connectivity index (χ1) is 12.5. The quantitative estimate of drug-likeness (QED) is 0.452. The summed E-state index contributed by atoms with van der Waals surface area (Å²) in [4.78, 5) is 26.0. The number of thiophene rings is 1. The van der Waals surface area contributed by atoms with E-state index in [1.54, 1.807) is 17.4 Å². The molecule has 0 unspecified atom stereocenters. The van der Waals surface area contributed by atoms with Gasteiger partial charge < -0.3 is 14.2 Å². The summed E-state index contributed by atoms with van der Waals surface area (Å²) in [5.41, 5.74) is 1.41. The predicted molar refractivity (Wildman–Crippen MR) is 100 cm³/mol. The van der Waals surface area contributed by atoms with Crippen molar-refractivity contribution in [3.8, 4) is 11.5 Å². The average Bonchev–Trinajstić information content (AvgIpc) is 2.83. The molecule has 0 bridgehead atoms. The van der Waals surface area contributed by atoms with Gasteiger partial charge in [-0.3, -0.25) is 4.79 Å². The Kier molecular flexibility index (Phi) is 5.73. The van der Waals surface area contributed by atoms with Crippen molar-refractivity contribution >= 4 is 29.2 Å². The molecular weight excluding hydrogens is 352 g/mol. The number of carbonyl (C=O) groups is 2. The molecule has 26 heavy (non-hydrogen) atoms. The third-order valence-corrected chi connectivity index (χ3v) is 4.84. The third-order valence-electron chi connectivity index (χ3n) is 3.87. The number of esters is 1. The molecule has 0 fully saturated rings. The van der Waals surface area contributed by atoms with E-state index in [0.717, 1.165) is 21.7 Å². The summed E-state index contributed by atoms with van der Waals surface area (Å²) in [7, 11) is 0. The molecule has 0 saturated heterocycles. The van der Waals surface area contributed by atoms with Gasteiger partial charge >= 0.3 is 5.97 Å². The molecule has 0 amide bonds. The Balaban J connectivity index is 1.57. The van der Waals surface area contributed by atoms with Gasteiger partial charge in [-0.05, 0) is 43.7 Å². The Morgan fingerprint density at radius 3 is 2.65 bits per heavy atom. The number of carbonyl (C=O) groups excluding carboxylic acids is 2. The van der Waals surface area contributed by atoms with Gasteiger partial charge in [0.25, 0.3) is 0 Å². The van der Waals surface area contributed by atoms with E-state index in [9.17, 15) is 9.59 Å². The van der Waals surface area contributed by atoms with E-state index < -0.39 is 5.97 Å². The highest BCUT2D eigenvalue weighted by molar-refractivity contribution is 7.12. The lowest BCUT2D eigenvalue weighted by molar-refractivity contribution is -0.136. The van der Waals surface area contributed by atoms with Crippen LogP contribution in [0.15, 0.2) is 30.3 Å². The van der Waals surface area contributed by atoms with E-state index in [2.05, 4.69) is 0 Å². The molecule has 1 aromatic carbocycles. The number of hydrogen-bond acceptors (Lipinski definition) is 6. The molecule has 2 heterocycles. The van der Waals surface area contributed by atoms with Gasteiger partial charge in [-0.1, -0.05) is 6.07 Å². The number of ether oxygens (including phenoxy) is 3. The summed E-state index contributed by atoms with van der Waals surface area (Å²) in [5.74, 6) is 0.616. The molecule has 3 rings (SSSR count). The van der Waals surface area contributed by atoms with E-state index in [-0.39, 0.29) is 12.4 Å². The standard InChI is InChI=1S/C20H20O5S/c1-13-10-16(14(2)26-13)17(21)12-25-20(22)7-5-15-4-6-18-19(11-15)24-9-3-8-23-18/h4-7,10-11H,3,8-9,12H2,1-2H3/b7-5+. The van der Waals surface area contributed by atoms with Crippen LogP contribution in [-0.2, 0) is 9.53 Å². The summed E-state index contributed by atoms with van der Waals surface area (Å²) in [5, 5.41) is 0. The normalized spacial score (nSPS) is 13.5. The number of ketones is 1. The zero-order chi connectivity index (χ0) is 18.5. The van der Waals surface area contributed by atoms with E-state index in [0.29, 0.717) is 30.3 Å². The van der Waals surface area contributed by atoms with Crippen LogP contribution in [0.3, 0.4) is 0 Å². The van der Waals surface area contributed by atoms with Crippen molar-refractivity contribution in [1.82, 2.24) is 0 Å². The van der Waals surface area contributed by atoms with E-state index in [4.69, 9.17) is 14.2 Å². The van der Waals surface area contributed by atoms with Crippen LogP contribution >= 0.6 is 11.3 Å². The average molecular weight is 372 g/mol. The van der Waals surface area contributed by atoms with Crippen molar-refractivity contribution in [2.75, 3.05) is 19.8 Å². The van der Waals surface area contributed by atoms with Crippen LogP contribution in [0.5, 0.6) is 11.5 Å². The van der Waals surface area contributed by atoms with Gasteiger partial charge in [0.1, 0.15) is 0 Å². The SMILES string of the molecule is Cc1cc(C(=O)COC(=O)/C=C/c2ccc3c(c2)OCCCO3)c(C)s1. The van der Waals surface area contributed by atoms with Crippen LogP contribution in [0.4, 0.5) is 0 Å². The second-order valence-electron chi connectivity index (χ2n) is 5.95. The molecule has 0 N–H and O–H groups in total. The van der Waals surface area contributed by atoms with Crippen molar-refractivity contribution in [1.29, 1.82) is 0 Å². The summed E-state index contributed by atoms with van der Waals surface area (Å²) >= 11 is 1.55. The van der Waals surface area contributed by atoms with Crippen LogP contribution in [0.1, 0.15) is 32.1 Å². The van der Waals surface area contributed by atoms with Crippen LogP contribution < -0.4 is 9.47 Å². The molecule has 5 nitrogen and oxygen atoms in total. The monoisotopic (exact) mass is 372 g/mol. The van der Waals surface area contributed by atoms with Crippen molar-refractivity contribution in [2.24, 2.45) is 0 Å². The lowest BCUT2D eigenvalue weighted by Crippen LogP contribution is -2.12. The second-order valence-corrected chi connectivity index (χ2v) is 7.41. The van der Waals surface area contributed by atoms with Crippen LogP contribution in [0.25, 0.3) is 6.08 Å². The van der Waals surface area contributed by atoms with Gasteiger partial charge in [-0.15, -0.1) is 11.3 Å². The van der Waals surface area contributed by atoms with Crippen molar-refractivity contribution < 1.29 is 23.8 Å². The van der Waals surface area contributed by atoms with Crippen LogP contribution in [0.2, 0.25) is 0 Å². The minimum atomic E-state index is -0.560. The predicted octanol–water partition coefficient (Wildman–Crippen LogP) is 3.97. The van der Waals surface area contributed by atoms with Crippen molar-refractivity contribution in [2.45, 2.75) is 20.3 Å². The number of fused-ring (bicyclic) bond motifs is 1. The summed E-state index contributed by atoms with van der Waals surface area (Å²) < 4.78 is 16.2. The van der Waals surface area contributed by atoms with Crippen molar-refractivity contribution in [3.63, 3.8) is 0 Å². The van der Waals surface area contributed by atoms with E-state index in [1.807, 2.05) is 38.1 Å². The highest BCUT2D eigenvalue weighted by Gasteiger charge is 2.14. The number of Topliss-reactive ketones (excluding diaryl/α,β-unsaturated/α-hetero) is 1. The zero-order valence-corrected chi connectivity index (χ0v) is 15.6. The van der Waals surface area contributed by atoms with E-state index >= 15 is 0 Å². The van der Waals surface area contributed by atoms with Gasteiger partial charge in [0.15, 0.2) is 18.1 Å². The molecular formula is C20H20O5S. The zero-order valence-electron chi connectivity index (χ0n) is 14.7. The first-order valence-electron chi connectivity index (χ1n) is 8.37. The molecule has 1 aromatic heterocycles. The fraction of sp³-hybridized carbons (Fsp3) is 0.300. The lowest BCUT2D eigenvalue weighted by atomic mass is 10.2. The molecule has 0 atom stereocenters. The maximum absolute atomic E-state index is 12.1.